The molecule has 0 radical (unpaired) electrons. The van der Waals surface area contributed by atoms with Crippen LogP contribution in [0.2, 0.25) is 0 Å². The van der Waals surface area contributed by atoms with Gasteiger partial charge in [-0.2, -0.15) is 0 Å². The monoisotopic (exact) mass is 179 g/mol. The number of rotatable bonds is 0. The van der Waals surface area contributed by atoms with Gasteiger partial charge >= 0.3 is 0 Å². The second-order valence-corrected chi connectivity index (χ2v) is 3.65. The molecule has 0 unspecified atom stereocenters. The van der Waals surface area contributed by atoms with Crippen LogP contribution in [0.3, 0.4) is 0 Å². The summed E-state index contributed by atoms with van der Waals surface area (Å²) in [5, 5.41) is 0. The van der Waals surface area contributed by atoms with E-state index < -0.39 is 0 Å². The first kappa shape index (κ1) is 9.33. The first-order chi connectivity index (χ1) is 5.70. The van der Waals surface area contributed by atoms with E-state index in [0.29, 0.717) is 0 Å². The van der Waals surface area contributed by atoms with Crippen LogP contribution in [0.4, 0.5) is 0 Å². The molecule has 1 rings (SSSR count). The van der Waals surface area contributed by atoms with Crippen LogP contribution in [0.5, 0.6) is 0 Å². The lowest BCUT2D eigenvalue weighted by Crippen LogP contribution is -1.80. The van der Waals surface area contributed by atoms with Gasteiger partial charge in [-0.1, -0.05) is 18.2 Å². The van der Waals surface area contributed by atoms with Crippen molar-refractivity contribution in [1.82, 2.24) is 0 Å². The predicted molar refractivity (Wildman–Crippen MR) is 57.6 cm³/mol. The van der Waals surface area contributed by atoms with Gasteiger partial charge in [-0.25, -0.2) is 0 Å². The first-order valence-corrected chi connectivity index (χ1v) is 4.93. The lowest BCUT2D eigenvalue weighted by Gasteiger charge is -1.99. The summed E-state index contributed by atoms with van der Waals surface area (Å²) in [4.78, 5) is 4.16. The molecule has 1 heterocycles. The largest absolute Gasteiger partial charge is 0.251 e. The number of hydrogen-bond donors (Lipinski definition) is 0. The van der Waals surface area contributed by atoms with Crippen LogP contribution >= 0.6 is 11.8 Å². The van der Waals surface area contributed by atoms with Crippen molar-refractivity contribution < 1.29 is 0 Å². The second-order valence-electron chi connectivity index (χ2n) is 2.77. The zero-order chi connectivity index (χ0) is 8.97. The van der Waals surface area contributed by atoms with E-state index in [-0.39, 0.29) is 0 Å². The Morgan fingerprint density at radius 1 is 1.42 bits per heavy atom. The average molecular weight is 179 g/mol. The third-order valence-electron chi connectivity index (χ3n) is 1.78. The summed E-state index contributed by atoms with van der Waals surface area (Å²) in [6.45, 7) is 8.03. The zero-order valence-electron chi connectivity index (χ0n) is 7.50. The number of thioether (sulfide) groups is 1. The van der Waals surface area contributed by atoms with Crippen LogP contribution in [-0.4, -0.2) is 11.3 Å². The Labute approximate surface area is 78.0 Å². The van der Waals surface area contributed by atoms with Gasteiger partial charge in [0.2, 0.25) is 0 Å². The van der Waals surface area contributed by atoms with E-state index in [9.17, 15) is 0 Å². The number of nitrogens with zero attached hydrogens (tertiary/aromatic N) is 1. The van der Waals surface area contributed by atoms with Crippen molar-refractivity contribution in [2.45, 2.75) is 13.8 Å². The summed E-state index contributed by atoms with van der Waals surface area (Å²) in [6.07, 6.45) is 4.22. The SMILES string of the molecule is C=C1/C=C(C)\C(C)=C/CSC=N1. The average Bonchev–Trinajstić information content (AvgIpc) is 2.07. The van der Waals surface area contributed by atoms with Crippen molar-refractivity contribution >= 4 is 17.3 Å². The van der Waals surface area contributed by atoms with Gasteiger partial charge in [0.05, 0.1) is 11.2 Å². The molecule has 1 aliphatic rings. The lowest BCUT2D eigenvalue weighted by molar-refractivity contribution is 1.30. The first-order valence-electron chi connectivity index (χ1n) is 3.88. The van der Waals surface area contributed by atoms with E-state index in [0.717, 1.165) is 11.4 Å². The minimum atomic E-state index is 0.828. The molecule has 1 aliphatic heterocycles. The van der Waals surface area contributed by atoms with Crippen molar-refractivity contribution in [3.8, 4) is 0 Å². The molecule has 0 aromatic carbocycles. The molecular weight excluding hydrogens is 166 g/mol. The molecule has 0 amide bonds. The highest BCUT2D eigenvalue weighted by Gasteiger charge is 1.95. The summed E-state index contributed by atoms with van der Waals surface area (Å²) >= 11 is 1.69. The van der Waals surface area contributed by atoms with Gasteiger partial charge in [0, 0.05) is 5.75 Å². The summed E-state index contributed by atoms with van der Waals surface area (Å²) in [7, 11) is 0. The van der Waals surface area contributed by atoms with Gasteiger partial charge in [-0.15, -0.1) is 11.8 Å². The van der Waals surface area contributed by atoms with Crippen LogP contribution in [0, 0.1) is 0 Å². The summed E-state index contributed by atoms with van der Waals surface area (Å²) in [5.74, 6) is 0.994. The molecule has 1 nitrogen and oxygen atoms in total. The predicted octanol–water partition coefficient (Wildman–Crippen LogP) is 3.17. The Morgan fingerprint density at radius 2 is 2.17 bits per heavy atom. The summed E-state index contributed by atoms with van der Waals surface area (Å²) in [5.41, 5.74) is 5.24. The Balaban J connectivity index is 2.91. The molecule has 0 aliphatic carbocycles. The van der Waals surface area contributed by atoms with Crippen molar-refractivity contribution in [1.29, 1.82) is 0 Å². The van der Waals surface area contributed by atoms with Crippen LogP contribution in [0.15, 0.2) is 40.6 Å². The van der Waals surface area contributed by atoms with Crippen LogP contribution in [0.1, 0.15) is 13.8 Å². The van der Waals surface area contributed by atoms with Crippen LogP contribution in [-0.2, 0) is 0 Å². The molecule has 64 valence electrons. The van der Waals surface area contributed by atoms with Crippen LogP contribution in [0.25, 0.3) is 0 Å². The zero-order valence-corrected chi connectivity index (χ0v) is 8.32. The fourth-order valence-electron chi connectivity index (χ4n) is 0.883. The standard InChI is InChI=1S/C10H13NS/c1-8-4-5-12-7-11-10(3)6-9(8)2/h4,6-7H,3,5H2,1-2H3/b8-4-,9-6-,11-7?. The van der Waals surface area contributed by atoms with Gasteiger partial charge in [0.25, 0.3) is 0 Å². The van der Waals surface area contributed by atoms with E-state index >= 15 is 0 Å². The molecule has 0 atom stereocenters. The van der Waals surface area contributed by atoms with E-state index in [2.05, 4.69) is 31.5 Å². The Bertz CT molecular complexity index is 272. The second kappa shape index (κ2) is 4.31. The van der Waals surface area contributed by atoms with Gasteiger partial charge in [0.15, 0.2) is 0 Å². The minimum absolute atomic E-state index is 0.828. The van der Waals surface area contributed by atoms with Gasteiger partial charge < -0.3 is 0 Å². The van der Waals surface area contributed by atoms with E-state index in [1.807, 2.05) is 11.6 Å². The summed E-state index contributed by atoms with van der Waals surface area (Å²) in [6, 6.07) is 0. The fraction of sp³-hybridized carbons (Fsp3) is 0.300. The maximum absolute atomic E-state index is 4.16. The van der Waals surface area contributed by atoms with Crippen molar-refractivity contribution in [3.63, 3.8) is 0 Å². The lowest BCUT2D eigenvalue weighted by atomic mass is 10.1. The Kier molecular flexibility index (Phi) is 3.35. The van der Waals surface area contributed by atoms with Crippen molar-refractivity contribution in [3.05, 3.63) is 35.6 Å². The molecule has 0 bridgehead atoms. The molecule has 0 aromatic heterocycles. The van der Waals surface area contributed by atoms with Gasteiger partial charge in [-0.05, 0) is 25.5 Å². The summed E-state index contributed by atoms with van der Waals surface area (Å²) < 4.78 is 0. The molecule has 0 N–H and O–H groups in total. The number of hydrogen-bond acceptors (Lipinski definition) is 2. The van der Waals surface area contributed by atoms with Gasteiger partial charge in [0.1, 0.15) is 0 Å². The topological polar surface area (TPSA) is 12.4 Å². The number of aliphatic imine (C=N–C) groups is 1. The molecule has 2 heteroatoms. The molecule has 12 heavy (non-hydrogen) atoms. The Hall–Kier alpha value is -0.760. The van der Waals surface area contributed by atoms with Gasteiger partial charge in [-0.3, -0.25) is 4.99 Å². The van der Waals surface area contributed by atoms with E-state index in [4.69, 9.17) is 0 Å². The Morgan fingerprint density at radius 3 is 2.92 bits per heavy atom. The highest BCUT2D eigenvalue weighted by atomic mass is 32.2. The maximum atomic E-state index is 4.16. The third-order valence-corrected chi connectivity index (χ3v) is 2.40. The molecule has 0 aromatic rings. The highest BCUT2D eigenvalue weighted by molar-refractivity contribution is 8.12. The molecule has 0 saturated heterocycles. The molecular formula is C10H13NS. The number of allylic oxidation sites excluding steroid dienone is 3. The third kappa shape index (κ3) is 2.70. The van der Waals surface area contributed by atoms with E-state index in [1.165, 1.54) is 11.1 Å². The normalized spacial score (nSPS) is 27.7. The highest BCUT2D eigenvalue weighted by Crippen LogP contribution is 2.14. The van der Waals surface area contributed by atoms with E-state index in [1.54, 1.807) is 11.8 Å². The fourth-order valence-corrected chi connectivity index (χ4v) is 1.53. The molecule has 0 fully saturated rings. The van der Waals surface area contributed by atoms with Crippen LogP contribution < -0.4 is 0 Å². The van der Waals surface area contributed by atoms with Crippen molar-refractivity contribution in [2.75, 3.05) is 5.75 Å². The smallest absolute Gasteiger partial charge is 0.0606 e. The molecule has 0 spiro atoms. The quantitative estimate of drug-likeness (QED) is 0.556. The minimum Gasteiger partial charge on any atom is -0.251 e. The molecule has 0 saturated carbocycles. The maximum Gasteiger partial charge on any atom is 0.0606 e. The van der Waals surface area contributed by atoms with Crippen molar-refractivity contribution in [2.24, 2.45) is 4.99 Å².